The van der Waals surface area contributed by atoms with Crippen molar-refractivity contribution in [2.75, 3.05) is 0 Å². The van der Waals surface area contributed by atoms with Gasteiger partial charge < -0.3 is 9.73 Å². The van der Waals surface area contributed by atoms with Gasteiger partial charge in [0.1, 0.15) is 5.82 Å². The van der Waals surface area contributed by atoms with E-state index in [2.05, 4.69) is 5.32 Å². The van der Waals surface area contributed by atoms with Crippen LogP contribution in [0.1, 0.15) is 19.4 Å². The van der Waals surface area contributed by atoms with E-state index in [4.69, 9.17) is 4.42 Å². The molecule has 1 aromatic carbocycles. The smallest absolute Gasteiger partial charge is 0.128 e. The van der Waals surface area contributed by atoms with Gasteiger partial charge in [0.2, 0.25) is 0 Å². The number of hydrogen-bond acceptors (Lipinski definition) is 2. The first kappa shape index (κ1) is 11.9. The molecule has 17 heavy (non-hydrogen) atoms. The van der Waals surface area contributed by atoms with Gasteiger partial charge in [0.05, 0.1) is 12.5 Å². The highest BCUT2D eigenvalue weighted by atomic mass is 19.1. The van der Waals surface area contributed by atoms with Gasteiger partial charge in [-0.2, -0.15) is 0 Å². The minimum atomic E-state index is -0.183. The maximum Gasteiger partial charge on any atom is 0.128 e. The zero-order valence-corrected chi connectivity index (χ0v) is 10.0. The molecule has 90 valence electrons. The molecule has 1 aromatic heterocycles. The van der Waals surface area contributed by atoms with Crippen LogP contribution in [0, 0.1) is 5.82 Å². The second-order valence-corrected chi connectivity index (χ2v) is 4.35. The lowest BCUT2D eigenvalue weighted by molar-refractivity contribution is 0.553. The van der Waals surface area contributed by atoms with Crippen LogP contribution in [0.3, 0.4) is 0 Å². The second-order valence-electron chi connectivity index (χ2n) is 4.35. The quantitative estimate of drug-likeness (QED) is 0.873. The molecule has 0 radical (unpaired) electrons. The van der Waals surface area contributed by atoms with Crippen LogP contribution >= 0.6 is 0 Å². The maximum absolute atomic E-state index is 13.8. The molecular weight excluding hydrogens is 217 g/mol. The van der Waals surface area contributed by atoms with E-state index in [1.54, 1.807) is 18.6 Å². The Hall–Kier alpha value is -1.61. The van der Waals surface area contributed by atoms with Gasteiger partial charge >= 0.3 is 0 Å². The lowest BCUT2D eigenvalue weighted by Gasteiger charge is -2.09. The average molecular weight is 233 g/mol. The molecule has 0 fully saturated rings. The van der Waals surface area contributed by atoms with Gasteiger partial charge in [0, 0.05) is 23.7 Å². The second kappa shape index (κ2) is 5.15. The van der Waals surface area contributed by atoms with E-state index in [1.807, 2.05) is 32.0 Å². The molecular formula is C14H16FNO. The van der Waals surface area contributed by atoms with Crippen LogP contribution < -0.4 is 5.32 Å². The zero-order chi connectivity index (χ0) is 12.3. The first-order valence-corrected chi connectivity index (χ1v) is 5.71. The minimum Gasteiger partial charge on any atom is -0.472 e. The Morgan fingerprint density at radius 1 is 1.24 bits per heavy atom. The van der Waals surface area contributed by atoms with Crippen LogP contribution in [0.15, 0.2) is 41.2 Å². The molecule has 1 heterocycles. The Bertz CT molecular complexity index is 477. The van der Waals surface area contributed by atoms with Crippen molar-refractivity contribution in [1.29, 1.82) is 0 Å². The molecule has 2 rings (SSSR count). The van der Waals surface area contributed by atoms with E-state index in [0.717, 1.165) is 11.1 Å². The fraction of sp³-hybridized carbons (Fsp3) is 0.286. The van der Waals surface area contributed by atoms with Gasteiger partial charge in [-0.05, 0) is 17.7 Å². The summed E-state index contributed by atoms with van der Waals surface area (Å²) < 4.78 is 18.8. The molecule has 3 heteroatoms. The van der Waals surface area contributed by atoms with Crippen molar-refractivity contribution in [2.45, 2.75) is 26.4 Å². The molecule has 0 unspecified atom stereocenters. The molecule has 0 bridgehead atoms. The molecule has 0 aliphatic rings. The fourth-order valence-electron chi connectivity index (χ4n) is 1.61. The predicted octanol–water partition coefficient (Wildman–Crippen LogP) is 3.58. The molecule has 0 saturated carbocycles. The van der Waals surface area contributed by atoms with Crippen molar-refractivity contribution in [1.82, 2.24) is 5.32 Å². The highest BCUT2D eigenvalue weighted by Crippen LogP contribution is 2.22. The Morgan fingerprint density at radius 3 is 2.65 bits per heavy atom. The van der Waals surface area contributed by atoms with E-state index >= 15 is 0 Å². The van der Waals surface area contributed by atoms with E-state index in [0.29, 0.717) is 18.2 Å². The van der Waals surface area contributed by atoms with Crippen molar-refractivity contribution in [3.8, 4) is 11.1 Å². The summed E-state index contributed by atoms with van der Waals surface area (Å²) in [7, 11) is 0. The first-order valence-electron chi connectivity index (χ1n) is 5.71. The molecule has 2 nitrogen and oxygen atoms in total. The standard InChI is InChI=1S/C14H16FNO/c1-10(2)16-8-12-4-3-11(7-14(12)15)13-5-6-17-9-13/h3-7,9-10,16H,8H2,1-2H3. The van der Waals surface area contributed by atoms with E-state index in [9.17, 15) is 4.39 Å². The molecule has 0 aliphatic heterocycles. The SMILES string of the molecule is CC(C)NCc1ccc(-c2ccoc2)cc1F. The van der Waals surface area contributed by atoms with Gasteiger partial charge in [-0.15, -0.1) is 0 Å². The van der Waals surface area contributed by atoms with Gasteiger partial charge in [-0.25, -0.2) is 4.39 Å². The number of benzene rings is 1. The van der Waals surface area contributed by atoms with E-state index in [1.165, 1.54) is 0 Å². The topological polar surface area (TPSA) is 25.2 Å². The molecule has 0 aliphatic carbocycles. The van der Waals surface area contributed by atoms with Gasteiger partial charge in [-0.1, -0.05) is 26.0 Å². The summed E-state index contributed by atoms with van der Waals surface area (Å²) in [5.41, 5.74) is 2.42. The summed E-state index contributed by atoms with van der Waals surface area (Å²) in [5.74, 6) is -0.183. The molecule has 0 saturated heterocycles. The maximum atomic E-state index is 13.8. The van der Waals surface area contributed by atoms with Crippen LogP contribution in [-0.2, 0) is 6.54 Å². The Kier molecular flexibility index (Phi) is 3.59. The van der Waals surface area contributed by atoms with Gasteiger partial charge in [0.25, 0.3) is 0 Å². The molecule has 1 N–H and O–H groups in total. The third-order valence-electron chi connectivity index (χ3n) is 2.61. The van der Waals surface area contributed by atoms with E-state index in [-0.39, 0.29) is 5.82 Å². The number of hydrogen-bond donors (Lipinski definition) is 1. The molecule has 0 spiro atoms. The van der Waals surface area contributed by atoms with Crippen molar-refractivity contribution in [3.05, 3.63) is 48.2 Å². The summed E-state index contributed by atoms with van der Waals surface area (Å²) in [6, 6.07) is 7.43. The first-order chi connectivity index (χ1) is 8.16. The Morgan fingerprint density at radius 2 is 2.06 bits per heavy atom. The highest BCUT2D eigenvalue weighted by molar-refractivity contribution is 5.62. The summed E-state index contributed by atoms with van der Waals surface area (Å²) in [5, 5.41) is 3.20. The lowest BCUT2D eigenvalue weighted by Crippen LogP contribution is -2.22. The van der Waals surface area contributed by atoms with Crippen LogP contribution in [0.25, 0.3) is 11.1 Å². The fourth-order valence-corrected chi connectivity index (χ4v) is 1.61. The predicted molar refractivity (Wildman–Crippen MR) is 66.1 cm³/mol. The van der Waals surface area contributed by atoms with Crippen molar-refractivity contribution in [3.63, 3.8) is 0 Å². The third-order valence-corrected chi connectivity index (χ3v) is 2.61. The Labute approximate surface area is 100 Å². The summed E-state index contributed by atoms with van der Waals surface area (Å²) >= 11 is 0. The molecule has 2 aromatic rings. The van der Waals surface area contributed by atoms with Gasteiger partial charge in [-0.3, -0.25) is 0 Å². The average Bonchev–Trinajstić information content (AvgIpc) is 2.80. The largest absolute Gasteiger partial charge is 0.472 e. The number of furan rings is 1. The number of nitrogens with one attached hydrogen (secondary N) is 1. The summed E-state index contributed by atoms with van der Waals surface area (Å²) in [6.07, 6.45) is 3.20. The minimum absolute atomic E-state index is 0.183. The van der Waals surface area contributed by atoms with Crippen molar-refractivity contribution >= 4 is 0 Å². The van der Waals surface area contributed by atoms with Crippen LogP contribution in [-0.4, -0.2) is 6.04 Å². The third kappa shape index (κ3) is 2.94. The van der Waals surface area contributed by atoms with Crippen molar-refractivity contribution in [2.24, 2.45) is 0 Å². The van der Waals surface area contributed by atoms with Crippen molar-refractivity contribution < 1.29 is 8.81 Å². The van der Waals surface area contributed by atoms with Crippen LogP contribution in [0.2, 0.25) is 0 Å². The lowest BCUT2D eigenvalue weighted by atomic mass is 10.1. The molecule has 0 atom stereocenters. The summed E-state index contributed by atoms with van der Waals surface area (Å²) in [6.45, 7) is 4.63. The normalized spacial score (nSPS) is 11.1. The number of halogens is 1. The van der Waals surface area contributed by atoms with Crippen LogP contribution in [0.5, 0.6) is 0 Å². The summed E-state index contributed by atoms with van der Waals surface area (Å²) in [4.78, 5) is 0. The van der Waals surface area contributed by atoms with E-state index < -0.39 is 0 Å². The Balaban J connectivity index is 2.17. The zero-order valence-electron chi connectivity index (χ0n) is 10.0. The highest BCUT2D eigenvalue weighted by Gasteiger charge is 2.06. The van der Waals surface area contributed by atoms with Crippen LogP contribution in [0.4, 0.5) is 4.39 Å². The monoisotopic (exact) mass is 233 g/mol. The number of rotatable bonds is 4. The van der Waals surface area contributed by atoms with Gasteiger partial charge in [0.15, 0.2) is 0 Å². The molecule has 0 amide bonds.